The van der Waals surface area contributed by atoms with Crippen LogP contribution < -0.4 is 0 Å². The third kappa shape index (κ3) is 3.82. The molecule has 1 atom stereocenters. The number of allylic oxidation sites excluding steroid dienone is 2. The van der Waals surface area contributed by atoms with Crippen LogP contribution in [0.4, 0.5) is 0 Å². The lowest BCUT2D eigenvalue weighted by atomic mass is 9.98. The number of carbonyl (C=O) groups excluding carboxylic acids is 1. The Morgan fingerprint density at radius 2 is 1.70 bits per heavy atom. The van der Waals surface area contributed by atoms with Gasteiger partial charge in [0.05, 0.1) is 12.2 Å². The average molecular weight is 383 g/mol. The second-order valence-electron chi connectivity index (χ2n) is 6.79. The number of benzene rings is 2. The molecule has 1 amide bonds. The van der Waals surface area contributed by atoms with Crippen molar-refractivity contribution in [1.82, 2.24) is 4.90 Å². The summed E-state index contributed by atoms with van der Waals surface area (Å²) in [7, 11) is 1.48. The Morgan fingerprint density at radius 3 is 2.26 bits per heavy atom. The molecule has 140 valence electrons. The molecule has 0 saturated heterocycles. The lowest BCUT2D eigenvalue weighted by molar-refractivity contribution is -0.154. The van der Waals surface area contributed by atoms with E-state index in [1.165, 1.54) is 7.11 Å². The number of nitrogens with zero attached hydrogens (tertiary/aromatic N) is 2. The Balaban J connectivity index is 2.14. The van der Waals surface area contributed by atoms with Gasteiger partial charge in [0.2, 0.25) is 0 Å². The van der Waals surface area contributed by atoms with E-state index in [1.54, 1.807) is 4.90 Å². The summed E-state index contributed by atoms with van der Waals surface area (Å²) in [4.78, 5) is 19.8. The molecule has 0 aliphatic carbocycles. The molecule has 0 saturated carbocycles. The van der Waals surface area contributed by atoms with Crippen LogP contribution in [0.25, 0.3) is 0 Å². The summed E-state index contributed by atoms with van der Waals surface area (Å²) < 4.78 is 5.68. The number of halogens is 1. The Kier molecular flexibility index (Phi) is 5.78. The van der Waals surface area contributed by atoms with Crippen molar-refractivity contribution in [1.29, 1.82) is 0 Å². The van der Waals surface area contributed by atoms with Crippen LogP contribution in [-0.4, -0.2) is 23.1 Å². The van der Waals surface area contributed by atoms with E-state index in [0.717, 1.165) is 5.56 Å². The van der Waals surface area contributed by atoms with Crippen molar-refractivity contribution in [3.8, 4) is 0 Å². The highest BCUT2D eigenvalue weighted by molar-refractivity contribution is 6.70. The second-order valence-corrected chi connectivity index (χ2v) is 7.15. The van der Waals surface area contributed by atoms with Gasteiger partial charge in [-0.25, -0.2) is 4.99 Å². The van der Waals surface area contributed by atoms with Crippen LogP contribution >= 0.6 is 11.6 Å². The number of ether oxygens (including phenoxy) is 1. The first-order chi connectivity index (χ1) is 13.0. The highest BCUT2D eigenvalue weighted by Gasteiger charge is 2.48. The summed E-state index contributed by atoms with van der Waals surface area (Å²) >= 11 is 6.57. The maximum absolute atomic E-state index is 13.6. The van der Waals surface area contributed by atoms with Gasteiger partial charge >= 0.3 is 0 Å². The zero-order valence-electron chi connectivity index (χ0n) is 15.7. The monoisotopic (exact) mass is 382 g/mol. The molecular weight excluding hydrogens is 360 g/mol. The van der Waals surface area contributed by atoms with Crippen molar-refractivity contribution in [2.45, 2.75) is 26.1 Å². The lowest BCUT2D eigenvalue weighted by Gasteiger charge is -2.39. The quantitative estimate of drug-likeness (QED) is 0.751. The molecule has 0 bridgehead atoms. The topological polar surface area (TPSA) is 41.9 Å². The Hall–Kier alpha value is -2.43. The van der Waals surface area contributed by atoms with Crippen molar-refractivity contribution in [3.05, 3.63) is 83.6 Å². The molecule has 4 nitrogen and oxygen atoms in total. The van der Waals surface area contributed by atoms with Crippen LogP contribution in [0.2, 0.25) is 0 Å². The Labute approximate surface area is 165 Å². The summed E-state index contributed by atoms with van der Waals surface area (Å²) in [6, 6.07) is 19.1. The molecule has 1 aliphatic rings. The molecule has 2 aromatic rings. The van der Waals surface area contributed by atoms with E-state index in [2.05, 4.69) is 4.99 Å². The largest absolute Gasteiger partial charge is 0.346 e. The second kappa shape index (κ2) is 8.07. The Morgan fingerprint density at radius 1 is 1.11 bits per heavy atom. The fourth-order valence-corrected chi connectivity index (χ4v) is 3.43. The summed E-state index contributed by atoms with van der Waals surface area (Å²) in [6.07, 6.45) is 1.96. The SMILES string of the molecule is COC1(c2ccccc2)N=C(Cl)/C(=C\C(C)C)N(Cc2ccccc2)C1=O. The van der Waals surface area contributed by atoms with Gasteiger partial charge < -0.3 is 9.64 Å². The van der Waals surface area contributed by atoms with Gasteiger partial charge in [-0.2, -0.15) is 0 Å². The van der Waals surface area contributed by atoms with E-state index < -0.39 is 5.72 Å². The molecule has 1 heterocycles. The van der Waals surface area contributed by atoms with Crippen molar-refractivity contribution in [3.63, 3.8) is 0 Å². The summed E-state index contributed by atoms with van der Waals surface area (Å²) in [5.41, 5.74) is 0.785. The molecule has 0 radical (unpaired) electrons. The molecule has 2 aromatic carbocycles. The van der Waals surface area contributed by atoms with Crippen LogP contribution in [0, 0.1) is 5.92 Å². The summed E-state index contributed by atoms with van der Waals surface area (Å²) in [5, 5.41) is 0.268. The third-order valence-electron chi connectivity index (χ3n) is 4.43. The van der Waals surface area contributed by atoms with Crippen LogP contribution in [0.1, 0.15) is 25.0 Å². The number of aliphatic imine (C=N–C) groups is 1. The molecule has 0 aromatic heterocycles. The van der Waals surface area contributed by atoms with E-state index in [4.69, 9.17) is 16.3 Å². The lowest BCUT2D eigenvalue weighted by Crippen LogP contribution is -2.51. The first-order valence-electron chi connectivity index (χ1n) is 8.92. The number of methoxy groups -OCH3 is 1. The summed E-state index contributed by atoms with van der Waals surface area (Å²) in [5.74, 6) is -0.0434. The van der Waals surface area contributed by atoms with Crippen molar-refractivity contribution >= 4 is 22.7 Å². The van der Waals surface area contributed by atoms with Gasteiger partial charge in [0.15, 0.2) is 5.17 Å². The minimum Gasteiger partial charge on any atom is -0.346 e. The van der Waals surface area contributed by atoms with Gasteiger partial charge in [-0.15, -0.1) is 0 Å². The molecular formula is C22H23ClN2O2. The fourth-order valence-electron chi connectivity index (χ4n) is 3.15. The fraction of sp³-hybridized carbons (Fsp3) is 0.273. The van der Waals surface area contributed by atoms with Gasteiger partial charge in [-0.05, 0) is 11.5 Å². The molecule has 5 heteroatoms. The Bertz CT molecular complexity index is 862. The van der Waals surface area contributed by atoms with Crippen LogP contribution in [-0.2, 0) is 21.8 Å². The predicted octanol–water partition coefficient (Wildman–Crippen LogP) is 4.71. The number of hydrogen-bond donors (Lipinski definition) is 0. The van der Waals surface area contributed by atoms with E-state index in [9.17, 15) is 4.79 Å². The normalized spacial score (nSPS) is 21.7. The van der Waals surface area contributed by atoms with Crippen molar-refractivity contribution in [2.24, 2.45) is 10.9 Å². The predicted molar refractivity (Wildman–Crippen MR) is 108 cm³/mol. The van der Waals surface area contributed by atoms with E-state index in [-0.39, 0.29) is 17.0 Å². The highest BCUT2D eigenvalue weighted by atomic mass is 35.5. The van der Waals surface area contributed by atoms with Gasteiger partial charge in [0, 0.05) is 12.7 Å². The summed E-state index contributed by atoms with van der Waals surface area (Å²) in [6.45, 7) is 4.47. The van der Waals surface area contributed by atoms with Gasteiger partial charge in [0.25, 0.3) is 11.6 Å². The van der Waals surface area contributed by atoms with E-state index >= 15 is 0 Å². The molecule has 3 rings (SSSR count). The number of rotatable bonds is 5. The van der Waals surface area contributed by atoms with Crippen LogP contribution in [0.15, 0.2) is 77.4 Å². The molecule has 27 heavy (non-hydrogen) atoms. The maximum Gasteiger partial charge on any atom is 0.287 e. The highest BCUT2D eigenvalue weighted by Crippen LogP contribution is 2.37. The van der Waals surface area contributed by atoms with Gasteiger partial charge in [-0.1, -0.05) is 92.2 Å². The van der Waals surface area contributed by atoms with E-state index in [1.807, 2.05) is 80.6 Å². The minimum atomic E-state index is -1.48. The van der Waals surface area contributed by atoms with Gasteiger partial charge in [-0.3, -0.25) is 4.79 Å². The number of carbonyl (C=O) groups is 1. The average Bonchev–Trinajstić information content (AvgIpc) is 2.68. The van der Waals surface area contributed by atoms with Crippen molar-refractivity contribution < 1.29 is 9.53 Å². The van der Waals surface area contributed by atoms with Crippen LogP contribution in [0.5, 0.6) is 0 Å². The van der Waals surface area contributed by atoms with E-state index in [0.29, 0.717) is 17.8 Å². The van der Waals surface area contributed by atoms with Gasteiger partial charge in [0.1, 0.15) is 0 Å². The molecule has 0 N–H and O–H groups in total. The maximum atomic E-state index is 13.6. The molecule has 1 unspecified atom stereocenters. The zero-order valence-corrected chi connectivity index (χ0v) is 16.5. The first kappa shape index (κ1) is 19.3. The third-order valence-corrected chi connectivity index (χ3v) is 4.71. The van der Waals surface area contributed by atoms with Crippen molar-refractivity contribution in [2.75, 3.05) is 7.11 Å². The minimum absolute atomic E-state index is 0.210. The van der Waals surface area contributed by atoms with Crippen LogP contribution in [0.3, 0.4) is 0 Å². The smallest absolute Gasteiger partial charge is 0.287 e. The number of hydrogen-bond acceptors (Lipinski definition) is 3. The molecule has 0 fully saturated rings. The molecule has 0 spiro atoms. The number of amides is 1. The zero-order chi connectivity index (χ0) is 19.4. The standard InChI is InChI=1S/C22H23ClN2O2/c1-16(2)14-19-20(23)24-22(27-3,18-12-8-5-9-13-18)21(26)25(19)15-17-10-6-4-7-11-17/h4-14,16H,15H2,1-3H3/b19-14+. The molecule has 1 aliphatic heterocycles. The first-order valence-corrected chi connectivity index (χ1v) is 9.30.